The van der Waals surface area contributed by atoms with Crippen LogP contribution in [0.25, 0.3) is 0 Å². The van der Waals surface area contributed by atoms with Crippen LogP contribution in [0.3, 0.4) is 0 Å². The second-order valence-corrected chi connectivity index (χ2v) is 3.77. The maximum absolute atomic E-state index is 12.4. The molecule has 2 aromatic carbocycles. The molecule has 3 radical (unpaired) electrons. The second-order valence-electron chi connectivity index (χ2n) is 3.77. The zero-order chi connectivity index (χ0) is 13.2. The molecule has 0 atom stereocenters. The number of alkyl halides is 3. The van der Waals surface area contributed by atoms with Gasteiger partial charge in [0.05, 0.1) is 5.56 Å². The Morgan fingerprint density at radius 1 is 0.789 bits per heavy atom. The molecule has 0 aliphatic carbocycles. The minimum atomic E-state index is -4.38. The number of hydrogen-bond acceptors (Lipinski definition) is 1. The Hall–Kier alpha value is -1.22. The van der Waals surface area contributed by atoms with E-state index < -0.39 is 11.7 Å². The molecule has 0 spiro atoms. The predicted molar refractivity (Wildman–Crippen MR) is 67.1 cm³/mol. The van der Waals surface area contributed by atoms with Crippen LogP contribution < -0.4 is 0 Å². The fraction of sp³-hybridized carbons (Fsp3) is 0.0714. The van der Waals surface area contributed by atoms with Crippen LogP contribution in [-0.2, 0) is 6.18 Å². The topological polar surface area (TPSA) is 17.1 Å². The summed E-state index contributed by atoms with van der Waals surface area (Å²) in [5.74, 6) is -0.288. The van der Waals surface area contributed by atoms with Crippen molar-refractivity contribution >= 4 is 32.0 Å². The first-order chi connectivity index (χ1) is 8.48. The van der Waals surface area contributed by atoms with Gasteiger partial charge in [-0.15, -0.1) is 0 Å². The molecule has 0 saturated heterocycles. The number of carbonyl (C=O) groups excluding carboxylic acids is 1. The summed E-state index contributed by atoms with van der Waals surface area (Å²) in [5, 5.41) is 0. The quantitative estimate of drug-likeness (QED) is 0.496. The van der Waals surface area contributed by atoms with Gasteiger partial charge in [0.1, 0.15) is 0 Å². The minimum absolute atomic E-state index is 0. The minimum Gasteiger partial charge on any atom is -0.289 e. The van der Waals surface area contributed by atoms with Crippen molar-refractivity contribution in [3.63, 3.8) is 0 Å². The smallest absolute Gasteiger partial charge is 0.289 e. The molecule has 97 valence electrons. The molecular weight excluding hydrogens is 450 g/mol. The third-order valence-corrected chi connectivity index (χ3v) is 2.51. The van der Waals surface area contributed by atoms with Crippen LogP contribution in [0.5, 0.6) is 0 Å². The normalized spacial score (nSPS) is 10.7. The van der Waals surface area contributed by atoms with E-state index in [0.29, 0.717) is 5.56 Å². The molecule has 0 unspecified atom stereocenters. The van der Waals surface area contributed by atoms with E-state index in [4.69, 9.17) is 0 Å². The van der Waals surface area contributed by atoms with Crippen LogP contribution in [0.2, 0.25) is 0 Å². The van der Waals surface area contributed by atoms with Gasteiger partial charge in [-0.25, -0.2) is 0 Å². The number of halogens is 3. The van der Waals surface area contributed by atoms with Gasteiger partial charge in [0.15, 0.2) is 5.78 Å². The van der Waals surface area contributed by atoms with Crippen LogP contribution in [0, 0.1) is 0 Å². The Morgan fingerprint density at radius 2 is 1.26 bits per heavy atom. The van der Waals surface area contributed by atoms with E-state index in [2.05, 4.69) is 0 Å². The molecule has 5 heteroatoms. The van der Waals surface area contributed by atoms with Gasteiger partial charge in [0, 0.05) is 37.3 Å². The van der Waals surface area contributed by atoms with Crippen molar-refractivity contribution in [1.82, 2.24) is 0 Å². The molecule has 19 heavy (non-hydrogen) atoms. The van der Waals surface area contributed by atoms with Crippen molar-refractivity contribution in [2.24, 2.45) is 0 Å². The predicted octanol–water partition coefficient (Wildman–Crippen LogP) is 3.56. The molecule has 0 N–H and O–H groups in total. The van der Waals surface area contributed by atoms with Crippen molar-refractivity contribution in [2.75, 3.05) is 0 Å². The summed E-state index contributed by atoms with van der Waals surface area (Å²) >= 11 is 0. The average Bonchev–Trinajstić information content (AvgIpc) is 2.38. The SMILES string of the molecule is O=C(c1ccccc1)c1ccc(C(F)(F)F)cc1.[Bi]. The van der Waals surface area contributed by atoms with Gasteiger partial charge in [-0.3, -0.25) is 4.79 Å². The summed E-state index contributed by atoms with van der Waals surface area (Å²) in [7, 11) is 0. The largest absolute Gasteiger partial charge is 0.416 e. The summed E-state index contributed by atoms with van der Waals surface area (Å²) in [5.41, 5.74) is -0.0569. The first-order valence-electron chi connectivity index (χ1n) is 5.25. The Labute approximate surface area is 127 Å². The van der Waals surface area contributed by atoms with E-state index in [-0.39, 0.29) is 37.6 Å². The van der Waals surface area contributed by atoms with Crippen molar-refractivity contribution in [3.8, 4) is 0 Å². The summed E-state index contributed by atoms with van der Waals surface area (Å²) in [6, 6.07) is 12.6. The first kappa shape index (κ1) is 15.8. The van der Waals surface area contributed by atoms with Crippen LogP contribution >= 0.6 is 0 Å². The number of hydrogen-bond donors (Lipinski definition) is 0. The van der Waals surface area contributed by atoms with E-state index in [0.717, 1.165) is 12.1 Å². The molecule has 0 bridgehead atoms. The molecule has 2 rings (SSSR count). The van der Waals surface area contributed by atoms with Crippen LogP contribution in [0.4, 0.5) is 13.2 Å². The van der Waals surface area contributed by atoms with Crippen molar-refractivity contribution in [2.45, 2.75) is 6.18 Å². The van der Waals surface area contributed by atoms with Crippen molar-refractivity contribution in [1.29, 1.82) is 0 Å². The molecule has 0 heterocycles. The maximum Gasteiger partial charge on any atom is 0.416 e. The fourth-order valence-electron chi connectivity index (χ4n) is 1.57. The Balaban J connectivity index is 0.00000180. The van der Waals surface area contributed by atoms with Crippen LogP contribution in [0.1, 0.15) is 21.5 Å². The van der Waals surface area contributed by atoms with E-state index in [9.17, 15) is 18.0 Å². The van der Waals surface area contributed by atoms with Crippen molar-refractivity contribution < 1.29 is 18.0 Å². The van der Waals surface area contributed by atoms with E-state index in [1.54, 1.807) is 30.3 Å². The summed E-state index contributed by atoms with van der Waals surface area (Å²) < 4.78 is 37.1. The monoisotopic (exact) mass is 459 g/mol. The van der Waals surface area contributed by atoms with Gasteiger partial charge in [-0.2, -0.15) is 13.2 Å². The number of benzene rings is 2. The molecule has 0 aliphatic rings. The molecular formula is C14H9BiF3O. The van der Waals surface area contributed by atoms with Gasteiger partial charge in [0.2, 0.25) is 0 Å². The molecule has 0 fully saturated rings. The molecule has 0 aliphatic heterocycles. The first-order valence-corrected chi connectivity index (χ1v) is 5.25. The zero-order valence-corrected chi connectivity index (χ0v) is 13.2. The van der Waals surface area contributed by atoms with Gasteiger partial charge in [-0.1, -0.05) is 42.5 Å². The fourth-order valence-corrected chi connectivity index (χ4v) is 1.57. The number of carbonyl (C=O) groups is 1. The van der Waals surface area contributed by atoms with E-state index >= 15 is 0 Å². The van der Waals surface area contributed by atoms with E-state index in [1.165, 1.54) is 12.1 Å². The number of rotatable bonds is 2. The van der Waals surface area contributed by atoms with E-state index in [1.807, 2.05) is 0 Å². The molecule has 2 aromatic rings. The van der Waals surface area contributed by atoms with Crippen LogP contribution in [0.15, 0.2) is 54.6 Å². The number of ketones is 1. The van der Waals surface area contributed by atoms with Gasteiger partial charge in [-0.05, 0) is 12.1 Å². The average molecular weight is 459 g/mol. The van der Waals surface area contributed by atoms with Gasteiger partial charge >= 0.3 is 6.18 Å². The Kier molecular flexibility index (Phi) is 5.24. The summed E-state index contributed by atoms with van der Waals surface area (Å²) in [4.78, 5) is 11.9. The molecule has 0 saturated carbocycles. The van der Waals surface area contributed by atoms with Gasteiger partial charge in [0.25, 0.3) is 0 Å². The zero-order valence-electron chi connectivity index (χ0n) is 9.69. The Morgan fingerprint density at radius 3 is 1.74 bits per heavy atom. The van der Waals surface area contributed by atoms with Crippen LogP contribution in [-0.4, -0.2) is 32.0 Å². The molecule has 1 nitrogen and oxygen atoms in total. The molecule has 0 aromatic heterocycles. The third-order valence-electron chi connectivity index (χ3n) is 2.51. The standard InChI is InChI=1S/C14H9F3O.Bi/c15-14(16,17)12-8-6-11(7-9-12)13(18)10-4-2-1-3-5-10;/h1-9H;. The Bertz CT molecular complexity index is 547. The third kappa shape index (κ3) is 3.87. The summed E-state index contributed by atoms with van der Waals surface area (Å²) in [6.45, 7) is 0. The van der Waals surface area contributed by atoms with Gasteiger partial charge < -0.3 is 0 Å². The second kappa shape index (κ2) is 6.29. The molecule has 0 amide bonds. The maximum atomic E-state index is 12.4. The van der Waals surface area contributed by atoms with Crippen molar-refractivity contribution in [3.05, 3.63) is 71.3 Å². The summed E-state index contributed by atoms with van der Waals surface area (Å²) in [6.07, 6.45) is -4.38.